The first kappa shape index (κ1) is 17.1. The van der Waals surface area contributed by atoms with Gasteiger partial charge in [0.15, 0.2) is 0 Å². The molecule has 25 heavy (non-hydrogen) atoms. The number of hydrogen-bond donors (Lipinski definition) is 1. The number of carbonyl (C=O) groups is 2. The first-order valence-corrected chi connectivity index (χ1v) is 8.80. The number of nitriles is 1. The number of amides is 2. The third-order valence-electron chi connectivity index (χ3n) is 3.92. The SMILES string of the molecule is CC(=O)Nc1ccc(SC2CCN(c3ccc(C#N)cc3)C2=O)cc1. The van der Waals surface area contributed by atoms with Crippen LogP contribution in [0.3, 0.4) is 0 Å². The Morgan fingerprint density at radius 2 is 1.88 bits per heavy atom. The molecule has 1 saturated heterocycles. The average molecular weight is 351 g/mol. The standard InChI is InChI=1S/C19H17N3O2S/c1-13(23)21-15-4-8-17(9-5-15)25-18-10-11-22(19(18)24)16-6-2-14(12-20)3-7-16/h2-9,18H,10-11H2,1H3,(H,21,23). The lowest BCUT2D eigenvalue weighted by Crippen LogP contribution is -2.27. The zero-order chi connectivity index (χ0) is 17.8. The molecular weight excluding hydrogens is 334 g/mol. The summed E-state index contributed by atoms with van der Waals surface area (Å²) in [6, 6.07) is 16.6. The number of benzene rings is 2. The highest BCUT2D eigenvalue weighted by Gasteiger charge is 2.33. The molecule has 1 aliphatic heterocycles. The van der Waals surface area contributed by atoms with Crippen LogP contribution in [-0.4, -0.2) is 23.6 Å². The summed E-state index contributed by atoms with van der Waals surface area (Å²) in [4.78, 5) is 26.5. The van der Waals surface area contributed by atoms with E-state index in [1.54, 1.807) is 17.0 Å². The molecule has 0 bridgehead atoms. The molecule has 5 nitrogen and oxygen atoms in total. The Hall–Kier alpha value is -2.78. The van der Waals surface area contributed by atoms with Crippen LogP contribution >= 0.6 is 11.8 Å². The highest BCUT2D eigenvalue weighted by molar-refractivity contribution is 8.00. The smallest absolute Gasteiger partial charge is 0.240 e. The Balaban J connectivity index is 1.65. The fourth-order valence-electron chi connectivity index (χ4n) is 2.72. The van der Waals surface area contributed by atoms with Crippen LogP contribution in [0.15, 0.2) is 53.4 Å². The van der Waals surface area contributed by atoms with Gasteiger partial charge in [-0.25, -0.2) is 0 Å². The monoisotopic (exact) mass is 351 g/mol. The van der Waals surface area contributed by atoms with E-state index in [1.807, 2.05) is 36.4 Å². The summed E-state index contributed by atoms with van der Waals surface area (Å²) in [5.74, 6) is -0.0231. The molecule has 1 heterocycles. The molecule has 2 aromatic rings. The van der Waals surface area contributed by atoms with Gasteiger partial charge in [0.05, 0.1) is 16.9 Å². The highest BCUT2D eigenvalue weighted by Crippen LogP contribution is 2.33. The molecule has 0 aliphatic carbocycles. The third kappa shape index (κ3) is 4.01. The molecule has 1 N–H and O–H groups in total. The second-order valence-electron chi connectivity index (χ2n) is 5.75. The van der Waals surface area contributed by atoms with E-state index < -0.39 is 0 Å². The lowest BCUT2D eigenvalue weighted by atomic mass is 10.2. The van der Waals surface area contributed by atoms with E-state index in [-0.39, 0.29) is 17.1 Å². The van der Waals surface area contributed by atoms with Crippen LogP contribution in [0, 0.1) is 11.3 Å². The third-order valence-corrected chi connectivity index (χ3v) is 5.18. The molecule has 3 rings (SSSR count). The summed E-state index contributed by atoms with van der Waals surface area (Å²) in [7, 11) is 0. The highest BCUT2D eigenvalue weighted by atomic mass is 32.2. The van der Waals surface area contributed by atoms with Gasteiger partial charge in [-0.15, -0.1) is 11.8 Å². The molecule has 0 aromatic heterocycles. The van der Waals surface area contributed by atoms with Crippen LogP contribution in [0.25, 0.3) is 0 Å². The minimum Gasteiger partial charge on any atom is -0.326 e. The molecule has 2 aromatic carbocycles. The predicted octanol–water partition coefficient (Wildman–Crippen LogP) is 3.41. The average Bonchev–Trinajstić information content (AvgIpc) is 2.97. The Kier molecular flexibility index (Phi) is 5.05. The van der Waals surface area contributed by atoms with Crippen molar-refractivity contribution in [3.63, 3.8) is 0 Å². The molecule has 0 saturated carbocycles. The van der Waals surface area contributed by atoms with Crippen LogP contribution in [0.4, 0.5) is 11.4 Å². The van der Waals surface area contributed by atoms with E-state index in [2.05, 4.69) is 11.4 Å². The van der Waals surface area contributed by atoms with Crippen LogP contribution in [0.2, 0.25) is 0 Å². The first-order valence-electron chi connectivity index (χ1n) is 7.92. The molecule has 1 aliphatic rings. The maximum atomic E-state index is 12.7. The normalized spacial score (nSPS) is 16.6. The topological polar surface area (TPSA) is 73.2 Å². The maximum Gasteiger partial charge on any atom is 0.240 e. The Morgan fingerprint density at radius 3 is 2.48 bits per heavy atom. The summed E-state index contributed by atoms with van der Waals surface area (Å²) < 4.78 is 0. The van der Waals surface area contributed by atoms with Gasteiger partial charge in [0, 0.05) is 29.7 Å². The summed E-state index contributed by atoms with van der Waals surface area (Å²) in [5, 5.41) is 11.5. The van der Waals surface area contributed by atoms with Crippen LogP contribution in [0.1, 0.15) is 18.9 Å². The fourth-order valence-corrected chi connectivity index (χ4v) is 3.79. The summed E-state index contributed by atoms with van der Waals surface area (Å²) in [5.41, 5.74) is 2.16. The Labute approximate surface area is 150 Å². The van der Waals surface area contributed by atoms with Crippen molar-refractivity contribution in [1.29, 1.82) is 5.26 Å². The molecule has 1 atom stereocenters. The lowest BCUT2D eigenvalue weighted by molar-refractivity contribution is -0.116. The van der Waals surface area contributed by atoms with Crippen molar-refractivity contribution in [2.24, 2.45) is 0 Å². The summed E-state index contributed by atoms with van der Waals surface area (Å²) in [6.45, 7) is 2.14. The van der Waals surface area contributed by atoms with Crippen molar-refractivity contribution >= 4 is 35.0 Å². The second-order valence-corrected chi connectivity index (χ2v) is 7.03. The molecule has 126 valence electrons. The zero-order valence-corrected chi connectivity index (χ0v) is 14.5. The quantitative estimate of drug-likeness (QED) is 0.916. The van der Waals surface area contributed by atoms with Gasteiger partial charge in [-0.05, 0) is 55.0 Å². The van der Waals surface area contributed by atoms with Crippen molar-refractivity contribution in [3.8, 4) is 6.07 Å². The number of thioether (sulfide) groups is 1. The largest absolute Gasteiger partial charge is 0.326 e. The summed E-state index contributed by atoms with van der Waals surface area (Å²) in [6.07, 6.45) is 0.775. The van der Waals surface area contributed by atoms with Crippen LogP contribution < -0.4 is 10.2 Å². The second kappa shape index (κ2) is 7.41. The molecule has 1 fully saturated rings. The Morgan fingerprint density at radius 1 is 1.20 bits per heavy atom. The van der Waals surface area contributed by atoms with Gasteiger partial charge >= 0.3 is 0 Å². The minimum atomic E-state index is -0.123. The van der Waals surface area contributed by atoms with E-state index in [4.69, 9.17) is 5.26 Å². The molecule has 1 unspecified atom stereocenters. The van der Waals surface area contributed by atoms with Crippen molar-refractivity contribution in [3.05, 3.63) is 54.1 Å². The van der Waals surface area contributed by atoms with E-state index in [1.165, 1.54) is 18.7 Å². The number of nitrogens with zero attached hydrogens (tertiary/aromatic N) is 2. The molecule has 0 radical (unpaired) electrons. The van der Waals surface area contributed by atoms with Gasteiger partial charge < -0.3 is 10.2 Å². The van der Waals surface area contributed by atoms with E-state index >= 15 is 0 Å². The summed E-state index contributed by atoms with van der Waals surface area (Å²) >= 11 is 1.54. The maximum absolute atomic E-state index is 12.7. The van der Waals surface area contributed by atoms with Crippen molar-refractivity contribution in [1.82, 2.24) is 0 Å². The minimum absolute atomic E-state index is 0.0839. The van der Waals surface area contributed by atoms with Crippen molar-refractivity contribution < 1.29 is 9.59 Å². The fraction of sp³-hybridized carbons (Fsp3) is 0.211. The van der Waals surface area contributed by atoms with Crippen molar-refractivity contribution in [2.45, 2.75) is 23.5 Å². The number of anilines is 2. The molecule has 2 amide bonds. The van der Waals surface area contributed by atoms with Gasteiger partial charge in [-0.3, -0.25) is 9.59 Å². The molecule has 6 heteroatoms. The predicted molar refractivity (Wildman–Crippen MR) is 98.5 cm³/mol. The number of hydrogen-bond acceptors (Lipinski definition) is 4. The number of nitrogens with one attached hydrogen (secondary N) is 1. The van der Waals surface area contributed by atoms with Crippen molar-refractivity contribution in [2.75, 3.05) is 16.8 Å². The molecular formula is C19H17N3O2S. The van der Waals surface area contributed by atoms with Gasteiger partial charge in [-0.2, -0.15) is 5.26 Å². The van der Waals surface area contributed by atoms with E-state index in [0.717, 1.165) is 22.7 Å². The number of rotatable bonds is 4. The number of carbonyl (C=O) groups excluding carboxylic acids is 2. The van der Waals surface area contributed by atoms with Gasteiger partial charge in [0.25, 0.3) is 0 Å². The van der Waals surface area contributed by atoms with Crippen LogP contribution in [0.5, 0.6) is 0 Å². The van der Waals surface area contributed by atoms with Gasteiger partial charge in [0.1, 0.15) is 0 Å². The first-order chi connectivity index (χ1) is 12.1. The van der Waals surface area contributed by atoms with Crippen LogP contribution in [-0.2, 0) is 9.59 Å². The zero-order valence-electron chi connectivity index (χ0n) is 13.7. The van der Waals surface area contributed by atoms with Gasteiger partial charge in [-0.1, -0.05) is 0 Å². The molecule has 0 spiro atoms. The van der Waals surface area contributed by atoms with E-state index in [9.17, 15) is 9.59 Å². The Bertz CT molecular complexity index is 825. The lowest BCUT2D eigenvalue weighted by Gasteiger charge is -2.16. The van der Waals surface area contributed by atoms with E-state index in [0.29, 0.717) is 12.1 Å². The van der Waals surface area contributed by atoms with Gasteiger partial charge in [0.2, 0.25) is 11.8 Å².